The molecule has 0 saturated carbocycles. The molecule has 94 valence electrons. The molecular weight excluding hydrogens is 216 g/mol. The lowest BCUT2D eigenvalue weighted by atomic mass is 10.2. The number of nitrogens with one attached hydrogen (secondary N) is 1. The van der Waals surface area contributed by atoms with E-state index in [-0.39, 0.29) is 6.61 Å². The Morgan fingerprint density at radius 3 is 2.53 bits per heavy atom. The number of aliphatic hydroxyl groups excluding tert-OH is 1. The molecule has 1 aromatic rings. The second-order valence-corrected chi connectivity index (χ2v) is 4.24. The lowest BCUT2D eigenvalue weighted by molar-refractivity contribution is 0.191. The van der Waals surface area contributed by atoms with Gasteiger partial charge in [0.15, 0.2) is 0 Å². The first-order valence-corrected chi connectivity index (χ1v) is 6.14. The third kappa shape index (κ3) is 4.00. The highest BCUT2D eigenvalue weighted by molar-refractivity contribution is 5.26. The fraction of sp³-hybridized carbons (Fsp3) is 0.538. The Labute approximate surface area is 102 Å². The van der Waals surface area contributed by atoms with Crippen LogP contribution in [-0.2, 0) is 6.61 Å². The number of hydrogen-bond acceptors (Lipinski definition) is 4. The zero-order valence-corrected chi connectivity index (χ0v) is 10.1. The van der Waals surface area contributed by atoms with E-state index in [1.807, 2.05) is 24.3 Å². The predicted octanol–water partition coefficient (Wildman–Crippen LogP) is 0.463. The van der Waals surface area contributed by atoms with Crippen molar-refractivity contribution >= 4 is 0 Å². The Morgan fingerprint density at radius 2 is 1.88 bits per heavy atom. The van der Waals surface area contributed by atoms with Crippen LogP contribution >= 0.6 is 0 Å². The van der Waals surface area contributed by atoms with Crippen LogP contribution in [0.4, 0.5) is 0 Å². The van der Waals surface area contributed by atoms with Gasteiger partial charge in [-0.05, 0) is 17.7 Å². The molecule has 0 aliphatic carbocycles. The van der Waals surface area contributed by atoms with Crippen molar-refractivity contribution < 1.29 is 9.84 Å². The molecule has 1 aliphatic rings. The van der Waals surface area contributed by atoms with Crippen LogP contribution in [0.5, 0.6) is 5.75 Å². The molecule has 17 heavy (non-hydrogen) atoms. The van der Waals surface area contributed by atoms with Crippen molar-refractivity contribution in [2.75, 3.05) is 39.3 Å². The van der Waals surface area contributed by atoms with Crippen molar-refractivity contribution in [2.45, 2.75) is 6.61 Å². The average Bonchev–Trinajstić information content (AvgIpc) is 2.41. The van der Waals surface area contributed by atoms with Gasteiger partial charge in [0, 0.05) is 32.7 Å². The molecule has 4 nitrogen and oxygen atoms in total. The van der Waals surface area contributed by atoms with E-state index in [4.69, 9.17) is 9.84 Å². The Balaban J connectivity index is 1.69. The molecular formula is C13H20N2O2. The molecule has 1 heterocycles. The van der Waals surface area contributed by atoms with Gasteiger partial charge >= 0.3 is 0 Å². The Hall–Kier alpha value is -1.10. The van der Waals surface area contributed by atoms with Crippen LogP contribution in [0.1, 0.15) is 5.56 Å². The molecule has 0 amide bonds. The van der Waals surface area contributed by atoms with E-state index in [1.165, 1.54) is 0 Å². The van der Waals surface area contributed by atoms with Gasteiger partial charge < -0.3 is 15.2 Å². The SMILES string of the molecule is OCc1ccc(OCCN2CCNCC2)cc1. The van der Waals surface area contributed by atoms with Crippen LogP contribution in [0.15, 0.2) is 24.3 Å². The maximum atomic E-state index is 8.92. The number of piperazine rings is 1. The zero-order valence-electron chi connectivity index (χ0n) is 10.1. The van der Waals surface area contributed by atoms with Crippen molar-refractivity contribution in [3.05, 3.63) is 29.8 Å². The minimum atomic E-state index is 0.0844. The molecule has 0 unspecified atom stereocenters. The van der Waals surface area contributed by atoms with Gasteiger partial charge in [-0.3, -0.25) is 4.90 Å². The maximum absolute atomic E-state index is 8.92. The van der Waals surface area contributed by atoms with Gasteiger partial charge in [0.05, 0.1) is 6.61 Å². The van der Waals surface area contributed by atoms with Gasteiger partial charge in [-0.15, -0.1) is 0 Å². The zero-order chi connectivity index (χ0) is 11.9. The first kappa shape index (κ1) is 12.4. The smallest absolute Gasteiger partial charge is 0.119 e. The van der Waals surface area contributed by atoms with Crippen molar-refractivity contribution in [1.29, 1.82) is 0 Å². The van der Waals surface area contributed by atoms with E-state index in [0.29, 0.717) is 0 Å². The highest BCUT2D eigenvalue weighted by Crippen LogP contribution is 2.12. The highest BCUT2D eigenvalue weighted by Gasteiger charge is 2.08. The summed E-state index contributed by atoms with van der Waals surface area (Å²) in [5.41, 5.74) is 0.916. The summed E-state index contributed by atoms with van der Waals surface area (Å²) in [5.74, 6) is 0.873. The van der Waals surface area contributed by atoms with Gasteiger partial charge in [0.1, 0.15) is 12.4 Å². The van der Waals surface area contributed by atoms with Crippen molar-refractivity contribution in [2.24, 2.45) is 0 Å². The summed E-state index contributed by atoms with van der Waals surface area (Å²) in [4.78, 5) is 2.40. The van der Waals surface area contributed by atoms with Crippen molar-refractivity contribution in [3.8, 4) is 5.75 Å². The van der Waals surface area contributed by atoms with Crippen molar-refractivity contribution in [3.63, 3.8) is 0 Å². The number of nitrogens with zero attached hydrogens (tertiary/aromatic N) is 1. The monoisotopic (exact) mass is 236 g/mol. The van der Waals surface area contributed by atoms with Crippen LogP contribution in [0, 0.1) is 0 Å². The standard InChI is InChI=1S/C13H20N2O2/c16-11-12-1-3-13(4-2-12)17-10-9-15-7-5-14-6-8-15/h1-4,14,16H,5-11H2. The molecule has 1 saturated heterocycles. The molecule has 0 radical (unpaired) electrons. The molecule has 1 fully saturated rings. The molecule has 1 aromatic carbocycles. The van der Waals surface area contributed by atoms with E-state index in [9.17, 15) is 0 Å². The summed E-state index contributed by atoms with van der Waals surface area (Å²) in [5, 5.41) is 12.3. The normalized spacial score (nSPS) is 17.0. The second kappa shape index (κ2) is 6.59. The number of benzene rings is 1. The second-order valence-electron chi connectivity index (χ2n) is 4.24. The Bertz CT molecular complexity index is 321. The largest absolute Gasteiger partial charge is 0.492 e. The van der Waals surface area contributed by atoms with Crippen LogP contribution < -0.4 is 10.1 Å². The van der Waals surface area contributed by atoms with Gasteiger partial charge in [0.2, 0.25) is 0 Å². The highest BCUT2D eigenvalue weighted by atomic mass is 16.5. The van der Waals surface area contributed by atoms with Crippen molar-refractivity contribution in [1.82, 2.24) is 10.2 Å². The molecule has 0 bridgehead atoms. The number of hydrogen-bond donors (Lipinski definition) is 2. The van der Waals surface area contributed by atoms with Crippen LogP contribution in [0.25, 0.3) is 0 Å². The molecule has 0 aromatic heterocycles. The van der Waals surface area contributed by atoms with Gasteiger partial charge in [-0.1, -0.05) is 12.1 Å². The lowest BCUT2D eigenvalue weighted by Gasteiger charge is -2.26. The van der Waals surface area contributed by atoms with E-state index < -0.39 is 0 Å². The summed E-state index contributed by atoms with van der Waals surface area (Å²) >= 11 is 0. The van der Waals surface area contributed by atoms with Gasteiger partial charge in [-0.2, -0.15) is 0 Å². The summed E-state index contributed by atoms with van der Waals surface area (Å²) in [6.07, 6.45) is 0. The summed E-state index contributed by atoms with van der Waals surface area (Å²) < 4.78 is 5.66. The summed E-state index contributed by atoms with van der Waals surface area (Å²) in [6.45, 7) is 6.14. The third-order valence-electron chi connectivity index (χ3n) is 2.99. The quantitative estimate of drug-likeness (QED) is 0.780. The Kier molecular flexibility index (Phi) is 4.79. The van der Waals surface area contributed by atoms with Crippen LogP contribution in [0.2, 0.25) is 0 Å². The summed E-state index contributed by atoms with van der Waals surface area (Å²) in [7, 11) is 0. The van der Waals surface area contributed by atoms with Crippen LogP contribution in [0.3, 0.4) is 0 Å². The first-order valence-electron chi connectivity index (χ1n) is 6.14. The fourth-order valence-corrected chi connectivity index (χ4v) is 1.92. The minimum Gasteiger partial charge on any atom is -0.492 e. The topological polar surface area (TPSA) is 44.7 Å². The van der Waals surface area contributed by atoms with Gasteiger partial charge in [-0.25, -0.2) is 0 Å². The predicted molar refractivity (Wildman–Crippen MR) is 67.2 cm³/mol. The average molecular weight is 236 g/mol. The fourth-order valence-electron chi connectivity index (χ4n) is 1.92. The van der Waals surface area contributed by atoms with E-state index in [2.05, 4.69) is 10.2 Å². The molecule has 2 N–H and O–H groups in total. The summed E-state index contributed by atoms with van der Waals surface area (Å²) in [6, 6.07) is 7.59. The van der Waals surface area contributed by atoms with Crippen LogP contribution in [-0.4, -0.2) is 49.3 Å². The maximum Gasteiger partial charge on any atom is 0.119 e. The van der Waals surface area contributed by atoms with E-state index in [0.717, 1.165) is 50.6 Å². The van der Waals surface area contributed by atoms with E-state index >= 15 is 0 Å². The molecule has 1 aliphatic heterocycles. The third-order valence-corrected chi connectivity index (χ3v) is 2.99. The molecule has 0 atom stereocenters. The minimum absolute atomic E-state index is 0.0844. The molecule has 4 heteroatoms. The lowest BCUT2D eigenvalue weighted by Crippen LogP contribution is -2.44. The molecule has 2 rings (SSSR count). The molecule has 0 spiro atoms. The number of ether oxygens (including phenoxy) is 1. The first-order chi connectivity index (χ1) is 8.38. The Morgan fingerprint density at radius 1 is 1.18 bits per heavy atom. The number of rotatable bonds is 5. The van der Waals surface area contributed by atoms with E-state index in [1.54, 1.807) is 0 Å². The van der Waals surface area contributed by atoms with Gasteiger partial charge in [0.25, 0.3) is 0 Å². The number of aliphatic hydroxyl groups is 1.